The lowest BCUT2D eigenvalue weighted by Crippen LogP contribution is -2.32. The Kier molecular flexibility index (Phi) is 5.39. The lowest BCUT2D eigenvalue weighted by molar-refractivity contribution is -0.117. The largest absolute Gasteiger partial charge is 0.333 e. The molecular formula is C11H14FNO4S. The third kappa shape index (κ3) is 6.43. The Morgan fingerprint density at radius 1 is 1.28 bits per heavy atom. The predicted octanol–water partition coefficient (Wildman–Crippen LogP) is 1.33. The highest BCUT2D eigenvalue weighted by atomic mass is 32.2. The first-order chi connectivity index (χ1) is 8.37. The van der Waals surface area contributed by atoms with Crippen molar-refractivity contribution < 1.29 is 22.2 Å². The fourth-order valence-electron chi connectivity index (χ4n) is 1.54. The van der Waals surface area contributed by atoms with Crippen molar-refractivity contribution in [2.24, 2.45) is 0 Å². The maximum Gasteiger partial charge on any atom is 0.333 e. The minimum absolute atomic E-state index is 0.0335. The first kappa shape index (κ1) is 14.7. The molecular weight excluding hydrogens is 261 g/mol. The fourth-order valence-corrected chi connectivity index (χ4v) is 2.16. The quantitative estimate of drug-likeness (QED) is 0.797. The molecule has 0 heterocycles. The summed E-state index contributed by atoms with van der Waals surface area (Å²) in [4.78, 5) is 10.6. The summed E-state index contributed by atoms with van der Waals surface area (Å²) < 4.78 is 42.6. The van der Waals surface area contributed by atoms with E-state index in [0.29, 0.717) is 12.8 Å². The van der Waals surface area contributed by atoms with Gasteiger partial charge in [0.1, 0.15) is 11.6 Å². The summed E-state index contributed by atoms with van der Waals surface area (Å²) in [5.74, 6) is -0.145. The van der Waals surface area contributed by atoms with Crippen LogP contribution in [0.1, 0.15) is 19.3 Å². The van der Waals surface area contributed by atoms with Crippen LogP contribution >= 0.6 is 0 Å². The molecule has 0 spiro atoms. The van der Waals surface area contributed by atoms with Crippen LogP contribution in [0.5, 0.6) is 0 Å². The van der Waals surface area contributed by atoms with Crippen LogP contribution in [0.2, 0.25) is 0 Å². The van der Waals surface area contributed by atoms with Gasteiger partial charge in [0.25, 0.3) is 0 Å². The molecule has 1 fully saturated rings. The second-order valence-corrected chi connectivity index (χ2v) is 5.05. The maximum atomic E-state index is 11.9. The van der Waals surface area contributed by atoms with E-state index < -0.39 is 16.3 Å². The number of hydrogen-bond donors (Lipinski definition) is 2. The van der Waals surface area contributed by atoms with Crippen molar-refractivity contribution in [3.8, 4) is 0 Å². The monoisotopic (exact) mass is 275 g/mol. The molecule has 1 saturated carbocycles. The van der Waals surface area contributed by atoms with Crippen molar-refractivity contribution in [2.45, 2.75) is 25.3 Å². The summed E-state index contributed by atoms with van der Waals surface area (Å²) in [6, 6.07) is 7.53. The Hall–Kier alpha value is -1.31. The van der Waals surface area contributed by atoms with Crippen molar-refractivity contribution >= 4 is 16.1 Å². The van der Waals surface area contributed by atoms with Gasteiger partial charge in [0.2, 0.25) is 0 Å². The van der Waals surface area contributed by atoms with Crippen LogP contribution in [0.4, 0.5) is 4.39 Å². The van der Waals surface area contributed by atoms with E-state index in [2.05, 4.69) is 0 Å². The molecule has 1 aromatic rings. The minimum atomic E-state index is -4.13. The molecule has 1 aliphatic carbocycles. The molecule has 5 nitrogen and oxygen atoms in total. The molecule has 2 N–H and O–H groups in total. The smallest absolute Gasteiger partial charge is 0.300 e. The van der Waals surface area contributed by atoms with Gasteiger partial charge in [-0.05, 0) is 18.6 Å². The standard InChI is InChI=1S/C6H5F.C5H9NO4S/c7-6-4-2-1-3-5-6;7-5-2-1-4(3-5)6-11(8,9)10/h1-5H;4,6H,1-3H2,(H,8,9,10). The van der Waals surface area contributed by atoms with Gasteiger partial charge in [-0.25, -0.2) is 4.39 Å². The summed E-state index contributed by atoms with van der Waals surface area (Å²) in [7, 11) is -4.13. The van der Waals surface area contributed by atoms with Crippen LogP contribution in [0.25, 0.3) is 0 Å². The van der Waals surface area contributed by atoms with Gasteiger partial charge in [0.15, 0.2) is 0 Å². The molecule has 0 radical (unpaired) electrons. The van der Waals surface area contributed by atoms with E-state index >= 15 is 0 Å². The van der Waals surface area contributed by atoms with Gasteiger partial charge in [-0.2, -0.15) is 13.1 Å². The van der Waals surface area contributed by atoms with Crippen LogP contribution in [-0.2, 0) is 15.1 Å². The lowest BCUT2D eigenvalue weighted by Gasteiger charge is -2.05. The van der Waals surface area contributed by atoms with E-state index in [1.807, 2.05) is 4.72 Å². The van der Waals surface area contributed by atoms with Gasteiger partial charge >= 0.3 is 10.3 Å². The van der Waals surface area contributed by atoms with Crippen LogP contribution in [-0.4, -0.2) is 24.8 Å². The van der Waals surface area contributed by atoms with Crippen molar-refractivity contribution in [3.05, 3.63) is 36.1 Å². The van der Waals surface area contributed by atoms with Gasteiger partial charge in [-0.1, -0.05) is 18.2 Å². The van der Waals surface area contributed by atoms with Gasteiger partial charge < -0.3 is 0 Å². The number of rotatable bonds is 2. The number of Topliss-reactive ketones (excluding diaryl/α,β-unsaturated/α-hetero) is 1. The topological polar surface area (TPSA) is 83.5 Å². The summed E-state index contributed by atoms with van der Waals surface area (Å²) in [6.07, 6.45) is 1.07. The minimum Gasteiger partial charge on any atom is -0.300 e. The van der Waals surface area contributed by atoms with E-state index in [-0.39, 0.29) is 18.0 Å². The van der Waals surface area contributed by atoms with E-state index in [4.69, 9.17) is 4.55 Å². The molecule has 0 amide bonds. The molecule has 0 bridgehead atoms. The van der Waals surface area contributed by atoms with Crippen LogP contribution in [0.3, 0.4) is 0 Å². The Labute approximate surface area is 105 Å². The zero-order chi connectivity index (χ0) is 13.6. The molecule has 2 rings (SSSR count). The number of carbonyl (C=O) groups excluding carboxylic acids is 1. The Bertz CT molecular complexity index is 489. The molecule has 0 aliphatic heterocycles. The lowest BCUT2D eigenvalue weighted by atomic mass is 10.3. The van der Waals surface area contributed by atoms with E-state index in [9.17, 15) is 17.6 Å². The Morgan fingerprint density at radius 2 is 1.89 bits per heavy atom. The molecule has 1 aliphatic rings. The fraction of sp³-hybridized carbons (Fsp3) is 0.364. The summed E-state index contributed by atoms with van der Waals surface area (Å²) in [6.45, 7) is 0. The second kappa shape index (κ2) is 6.58. The van der Waals surface area contributed by atoms with Crippen LogP contribution in [0, 0.1) is 5.82 Å². The number of ketones is 1. The molecule has 18 heavy (non-hydrogen) atoms. The molecule has 0 aromatic heterocycles. The van der Waals surface area contributed by atoms with Crippen molar-refractivity contribution in [3.63, 3.8) is 0 Å². The summed E-state index contributed by atoms with van der Waals surface area (Å²) in [5, 5.41) is 0. The van der Waals surface area contributed by atoms with Gasteiger partial charge in [-0.3, -0.25) is 9.35 Å². The van der Waals surface area contributed by atoms with Gasteiger partial charge in [0, 0.05) is 18.9 Å². The first-order valence-electron chi connectivity index (χ1n) is 5.34. The second-order valence-electron chi connectivity index (χ2n) is 3.87. The third-order valence-electron chi connectivity index (χ3n) is 2.29. The Morgan fingerprint density at radius 3 is 2.22 bits per heavy atom. The van der Waals surface area contributed by atoms with Crippen molar-refractivity contribution in [1.82, 2.24) is 4.72 Å². The molecule has 100 valence electrons. The maximum absolute atomic E-state index is 11.9. The molecule has 1 unspecified atom stereocenters. The van der Waals surface area contributed by atoms with E-state index in [0.717, 1.165) is 0 Å². The highest BCUT2D eigenvalue weighted by Crippen LogP contribution is 2.14. The zero-order valence-electron chi connectivity index (χ0n) is 9.54. The van der Waals surface area contributed by atoms with Crippen LogP contribution < -0.4 is 4.72 Å². The third-order valence-corrected chi connectivity index (χ3v) is 2.93. The molecule has 0 saturated heterocycles. The van der Waals surface area contributed by atoms with Crippen molar-refractivity contribution in [1.29, 1.82) is 0 Å². The van der Waals surface area contributed by atoms with E-state index in [1.165, 1.54) is 12.1 Å². The van der Waals surface area contributed by atoms with Gasteiger partial charge in [0.05, 0.1) is 0 Å². The molecule has 1 atom stereocenters. The summed E-state index contributed by atoms with van der Waals surface area (Å²) in [5.41, 5.74) is 0. The number of nitrogens with one attached hydrogen (secondary N) is 1. The molecule has 7 heteroatoms. The number of halogens is 1. The summed E-state index contributed by atoms with van der Waals surface area (Å²) >= 11 is 0. The number of carbonyl (C=O) groups is 1. The van der Waals surface area contributed by atoms with Crippen LogP contribution in [0.15, 0.2) is 30.3 Å². The highest BCUT2D eigenvalue weighted by Gasteiger charge is 2.24. The number of benzene rings is 1. The Balaban J connectivity index is 0.000000199. The molecule has 1 aromatic carbocycles. The highest BCUT2D eigenvalue weighted by molar-refractivity contribution is 7.83. The first-order valence-corrected chi connectivity index (χ1v) is 6.78. The number of hydrogen-bond acceptors (Lipinski definition) is 3. The van der Waals surface area contributed by atoms with E-state index in [1.54, 1.807) is 18.2 Å². The predicted molar refractivity (Wildman–Crippen MR) is 63.7 cm³/mol. The normalized spacial score (nSPS) is 19.2. The van der Waals surface area contributed by atoms with Crippen molar-refractivity contribution in [2.75, 3.05) is 0 Å². The zero-order valence-corrected chi connectivity index (χ0v) is 10.4. The SMILES string of the molecule is Fc1ccccc1.O=C1CCC(NS(=O)(=O)O)C1. The average Bonchev–Trinajstić information content (AvgIpc) is 2.63. The average molecular weight is 275 g/mol. The van der Waals surface area contributed by atoms with Gasteiger partial charge in [-0.15, -0.1) is 0 Å².